The van der Waals surface area contributed by atoms with Gasteiger partial charge in [0.05, 0.1) is 16.7 Å². The number of rotatable bonds is 3. The van der Waals surface area contributed by atoms with Gasteiger partial charge in [-0.3, -0.25) is 4.98 Å². The third-order valence-electron chi connectivity index (χ3n) is 4.23. The van der Waals surface area contributed by atoms with E-state index in [1.165, 1.54) is 6.07 Å². The Morgan fingerprint density at radius 2 is 1.96 bits per heavy atom. The fourth-order valence-corrected chi connectivity index (χ4v) is 3.14. The summed E-state index contributed by atoms with van der Waals surface area (Å²) in [4.78, 5) is 16.1. The number of pyridine rings is 1. The zero-order valence-electron chi connectivity index (χ0n) is 14.1. The van der Waals surface area contributed by atoms with Gasteiger partial charge in [-0.2, -0.15) is 13.2 Å². The van der Waals surface area contributed by atoms with Crippen molar-refractivity contribution in [2.45, 2.75) is 31.2 Å². The summed E-state index contributed by atoms with van der Waals surface area (Å²) >= 11 is 5.58. The molecule has 2 aromatic rings. The molecule has 1 fully saturated rings. The van der Waals surface area contributed by atoms with Crippen LogP contribution in [0.2, 0.25) is 5.02 Å². The van der Waals surface area contributed by atoms with E-state index in [1.54, 1.807) is 12.4 Å². The average Bonchev–Trinajstić information content (AvgIpc) is 2.63. The zero-order valence-corrected chi connectivity index (χ0v) is 14.8. The van der Waals surface area contributed by atoms with Gasteiger partial charge in [0.1, 0.15) is 0 Å². The molecule has 2 amide bonds. The van der Waals surface area contributed by atoms with E-state index in [4.69, 9.17) is 16.3 Å². The Hall–Kier alpha value is -2.32. The quantitative estimate of drug-likeness (QED) is 0.779. The van der Waals surface area contributed by atoms with Crippen molar-refractivity contribution in [3.8, 4) is 0 Å². The topological polar surface area (TPSA) is 63.2 Å². The van der Waals surface area contributed by atoms with Crippen LogP contribution in [0, 0.1) is 0 Å². The Bertz CT molecular complexity index is 802. The number of benzene rings is 1. The number of aromatic nitrogens is 1. The van der Waals surface area contributed by atoms with Crippen LogP contribution < -0.4 is 10.6 Å². The summed E-state index contributed by atoms with van der Waals surface area (Å²) < 4.78 is 44.5. The third-order valence-corrected chi connectivity index (χ3v) is 4.56. The van der Waals surface area contributed by atoms with Crippen LogP contribution in [0.1, 0.15) is 30.1 Å². The molecule has 0 bridgehead atoms. The first-order chi connectivity index (χ1) is 12.8. The molecule has 27 heavy (non-hydrogen) atoms. The van der Waals surface area contributed by atoms with Gasteiger partial charge in [0.15, 0.2) is 0 Å². The van der Waals surface area contributed by atoms with E-state index in [2.05, 4.69) is 15.6 Å². The predicted molar refractivity (Wildman–Crippen MR) is 94.6 cm³/mol. The average molecular weight is 400 g/mol. The van der Waals surface area contributed by atoms with E-state index < -0.39 is 22.8 Å². The van der Waals surface area contributed by atoms with Crippen molar-refractivity contribution in [2.24, 2.45) is 0 Å². The smallest absolute Gasteiger partial charge is 0.373 e. The van der Waals surface area contributed by atoms with E-state index in [1.807, 2.05) is 12.1 Å². The lowest BCUT2D eigenvalue weighted by Crippen LogP contribution is -2.42. The molecule has 3 rings (SSSR count). The molecular weight excluding hydrogens is 383 g/mol. The molecule has 2 unspecified atom stereocenters. The normalized spacial score (nSPS) is 20.1. The molecule has 5 nitrogen and oxygen atoms in total. The van der Waals surface area contributed by atoms with Crippen LogP contribution in [0.5, 0.6) is 0 Å². The lowest BCUT2D eigenvalue weighted by molar-refractivity contribution is -0.137. The Labute approximate surface area is 158 Å². The van der Waals surface area contributed by atoms with Crippen LogP contribution in [-0.2, 0) is 10.9 Å². The molecule has 0 saturated carbocycles. The molecule has 0 radical (unpaired) electrons. The van der Waals surface area contributed by atoms with Crippen molar-refractivity contribution in [1.29, 1.82) is 0 Å². The minimum absolute atomic E-state index is 0.0157. The number of carbonyl (C=O) groups excluding carboxylic acids is 1. The summed E-state index contributed by atoms with van der Waals surface area (Å²) in [6, 6.07) is 6.19. The number of halogens is 4. The van der Waals surface area contributed by atoms with E-state index >= 15 is 0 Å². The summed E-state index contributed by atoms with van der Waals surface area (Å²) in [5.74, 6) is 0. The van der Waals surface area contributed by atoms with Crippen LogP contribution in [-0.4, -0.2) is 23.7 Å². The van der Waals surface area contributed by atoms with E-state index in [0.29, 0.717) is 19.4 Å². The van der Waals surface area contributed by atoms with Crippen LogP contribution in [0.3, 0.4) is 0 Å². The summed E-state index contributed by atoms with van der Waals surface area (Å²) in [7, 11) is 0. The Balaban J connectivity index is 1.61. The van der Waals surface area contributed by atoms with Crippen molar-refractivity contribution in [1.82, 2.24) is 10.3 Å². The summed E-state index contributed by atoms with van der Waals surface area (Å²) in [5, 5.41) is 4.79. The summed E-state index contributed by atoms with van der Waals surface area (Å²) in [6.45, 7) is 0.469. The summed E-state index contributed by atoms with van der Waals surface area (Å²) in [5.41, 5.74) is -0.0165. The van der Waals surface area contributed by atoms with Crippen LogP contribution in [0.25, 0.3) is 0 Å². The Kier molecular flexibility index (Phi) is 5.86. The third kappa shape index (κ3) is 5.11. The lowest BCUT2D eigenvalue weighted by atomic mass is 9.98. The molecule has 2 atom stereocenters. The number of hydrogen-bond acceptors (Lipinski definition) is 3. The first kappa shape index (κ1) is 19.4. The molecule has 2 N–H and O–H groups in total. The highest BCUT2D eigenvalue weighted by atomic mass is 35.5. The molecule has 1 aromatic heterocycles. The van der Waals surface area contributed by atoms with Gasteiger partial charge >= 0.3 is 12.2 Å². The van der Waals surface area contributed by atoms with Crippen molar-refractivity contribution < 1.29 is 22.7 Å². The molecule has 1 aliphatic heterocycles. The monoisotopic (exact) mass is 399 g/mol. The standard InChI is InChI=1S/C18H17ClF3N3O2/c19-15-2-1-12(9-14(15)18(20,21)22)24-17(26)25-13-5-8-27-16(10-13)11-3-6-23-7-4-11/h1-4,6-7,9,13,16H,5,8,10H2,(H2,24,25,26). The molecule has 1 saturated heterocycles. The molecule has 9 heteroatoms. The van der Waals surface area contributed by atoms with Gasteiger partial charge in [0, 0.05) is 30.7 Å². The molecule has 0 aliphatic carbocycles. The second-order valence-electron chi connectivity index (χ2n) is 6.15. The van der Waals surface area contributed by atoms with Gasteiger partial charge in [-0.15, -0.1) is 0 Å². The first-order valence-electron chi connectivity index (χ1n) is 8.28. The van der Waals surface area contributed by atoms with Gasteiger partial charge < -0.3 is 15.4 Å². The van der Waals surface area contributed by atoms with E-state index in [0.717, 1.165) is 17.7 Å². The number of ether oxygens (including phenoxy) is 1. The van der Waals surface area contributed by atoms with Crippen molar-refractivity contribution in [2.75, 3.05) is 11.9 Å². The second kappa shape index (κ2) is 8.14. The number of carbonyl (C=O) groups is 1. The molecule has 1 aliphatic rings. The van der Waals surface area contributed by atoms with Gasteiger partial charge in [0.25, 0.3) is 0 Å². The van der Waals surface area contributed by atoms with Gasteiger partial charge in [-0.25, -0.2) is 4.79 Å². The first-order valence-corrected chi connectivity index (χ1v) is 8.66. The molecule has 0 spiro atoms. The zero-order chi connectivity index (χ0) is 19.4. The highest BCUT2D eigenvalue weighted by molar-refractivity contribution is 6.31. The van der Waals surface area contributed by atoms with Crippen LogP contribution in [0.15, 0.2) is 42.7 Å². The van der Waals surface area contributed by atoms with E-state index in [9.17, 15) is 18.0 Å². The van der Waals surface area contributed by atoms with Gasteiger partial charge in [-0.1, -0.05) is 11.6 Å². The highest BCUT2D eigenvalue weighted by Gasteiger charge is 2.33. The SMILES string of the molecule is O=C(Nc1ccc(Cl)c(C(F)(F)F)c1)NC1CCOC(c2ccncc2)C1. The number of nitrogens with zero attached hydrogens (tertiary/aromatic N) is 1. The summed E-state index contributed by atoms with van der Waals surface area (Å²) in [6.07, 6.45) is -0.249. The molecule has 2 heterocycles. The second-order valence-corrected chi connectivity index (χ2v) is 6.56. The number of urea groups is 1. The number of nitrogens with one attached hydrogen (secondary N) is 2. The van der Waals surface area contributed by atoms with Crippen LogP contribution in [0.4, 0.5) is 23.7 Å². The number of hydrogen-bond donors (Lipinski definition) is 2. The minimum atomic E-state index is -4.59. The molecule has 144 valence electrons. The molecular formula is C18H17ClF3N3O2. The number of anilines is 1. The van der Waals surface area contributed by atoms with E-state index in [-0.39, 0.29) is 17.8 Å². The van der Waals surface area contributed by atoms with Crippen molar-refractivity contribution in [3.05, 3.63) is 58.9 Å². The minimum Gasteiger partial charge on any atom is -0.373 e. The van der Waals surface area contributed by atoms with Crippen molar-refractivity contribution in [3.63, 3.8) is 0 Å². The Morgan fingerprint density at radius 1 is 1.22 bits per heavy atom. The number of alkyl halides is 3. The fourth-order valence-electron chi connectivity index (χ4n) is 2.91. The largest absolute Gasteiger partial charge is 0.417 e. The predicted octanol–water partition coefficient (Wildman–Crippen LogP) is 4.80. The maximum absolute atomic E-state index is 12.9. The maximum atomic E-state index is 12.9. The van der Waals surface area contributed by atoms with Crippen LogP contribution >= 0.6 is 11.6 Å². The highest BCUT2D eigenvalue weighted by Crippen LogP contribution is 2.36. The van der Waals surface area contributed by atoms with Gasteiger partial charge in [-0.05, 0) is 48.7 Å². The Morgan fingerprint density at radius 3 is 2.67 bits per heavy atom. The van der Waals surface area contributed by atoms with Crippen molar-refractivity contribution >= 4 is 23.3 Å². The lowest BCUT2D eigenvalue weighted by Gasteiger charge is -2.30. The van der Waals surface area contributed by atoms with Gasteiger partial charge in [0.2, 0.25) is 0 Å². The maximum Gasteiger partial charge on any atom is 0.417 e. The molecule has 1 aromatic carbocycles. The fraction of sp³-hybridized carbons (Fsp3) is 0.333. The number of amides is 2.